The Bertz CT molecular complexity index is 1130. The summed E-state index contributed by atoms with van der Waals surface area (Å²) in [6, 6.07) is 11.5. The number of carbonyl (C=O) groups excluding carboxylic acids is 2. The number of nitrogens with one attached hydrogen (secondary N) is 1. The molecule has 1 fully saturated rings. The van der Waals surface area contributed by atoms with Gasteiger partial charge in [-0.25, -0.2) is 4.79 Å². The molecule has 1 aromatic heterocycles. The highest BCUT2D eigenvalue weighted by Gasteiger charge is 2.42. The SMILES string of the molecule is CC1=C(C(=O)OC[C@@H]2CCCO2)[C@@H](c2cccc(Br)c2)C2=C(C[C@H](c3ccco3)CC2=O)N1. The number of esters is 1. The van der Waals surface area contributed by atoms with Crippen LogP contribution in [0.3, 0.4) is 0 Å². The van der Waals surface area contributed by atoms with Crippen LogP contribution in [0, 0.1) is 0 Å². The van der Waals surface area contributed by atoms with E-state index < -0.39 is 11.9 Å². The van der Waals surface area contributed by atoms with Crippen molar-refractivity contribution in [3.63, 3.8) is 0 Å². The molecule has 0 unspecified atom stereocenters. The first kappa shape index (κ1) is 22.2. The lowest BCUT2D eigenvalue weighted by Gasteiger charge is -2.36. The normalized spacial score (nSPS) is 25.2. The van der Waals surface area contributed by atoms with Crippen molar-refractivity contribution in [2.24, 2.45) is 0 Å². The van der Waals surface area contributed by atoms with Crippen LogP contribution in [0.5, 0.6) is 0 Å². The average molecular weight is 512 g/mol. The van der Waals surface area contributed by atoms with Crippen molar-refractivity contribution >= 4 is 27.7 Å². The zero-order valence-corrected chi connectivity index (χ0v) is 20.0. The molecule has 1 aromatic carbocycles. The summed E-state index contributed by atoms with van der Waals surface area (Å²) in [6.45, 7) is 2.80. The molecule has 3 heterocycles. The summed E-state index contributed by atoms with van der Waals surface area (Å²) in [5.74, 6) is -0.0948. The van der Waals surface area contributed by atoms with E-state index in [9.17, 15) is 9.59 Å². The van der Waals surface area contributed by atoms with Crippen LogP contribution in [0.1, 0.15) is 55.8 Å². The van der Waals surface area contributed by atoms with E-state index in [1.54, 1.807) is 6.26 Å². The highest BCUT2D eigenvalue weighted by Crippen LogP contribution is 2.46. The molecule has 0 amide bonds. The van der Waals surface area contributed by atoms with Gasteiger partial charge in [0.25, 0.3) is 0 Å². The number of ether oxygens (including phenoxy) is 2. The molecule has 6 nitrogen and oxygen atoms in total. The summed E-state index contributed by atoms with van der Waals surface area (Å²) in [5, 5.41) is 3.37. The van der Waals surface area contributed by atoms with Crippen molar-refractivity contribution in [1.29, 1.82) is 0 Å². The van der Waals surface area contributed by atoms with Gasteiger partial charge in [0.1, 0.15) is 12.4 Å². The zero-order chi connectivity index (χ0) is 22.9. The Kier molecular flexibility index (Phi) is 6.25. The monoisotopic (exact) mass is 511 g/mol. The minimum Gasteiger partial charge on any atom is -0.469 e. The molecule has 2 aliphatic heterocycles. The van der Waals surface area contributed by atoms with Crippen molar-refractivity contribution in [1.82, 2.24) is 5.32 Å². The second-order valence-corrected chi connectivity index (χ2v) is 9.74. The molecular weight excluding hydrogens is 486 g/mol. The second-order valence-electron chi connectivity index (χ2n) is 8.82. The van der Waals surface area contributed by atoms with E-state index >= 15 is 0 Å². The number of hydrogen-bond donors (Lipinski definition) is 1. The van der Waals surface area contributed by atoms with Crippen molar-refractivity contribution in [2.45, 2.75) is 50.5 Å². The molecule has 0 bridgehead atoms. The van der Waals surface area contributed by atoms with E-state index in [0.29, 0.717) is 36.3 Å². The maximum Gasteiger partial charge on any atom is 0.336 e. The first-order chi connectivity index (χ1) is 16.0. The largest absolute Gasteiger partial charge is 0.469 e. The quantitative estimate of drug-likeness (QED) is 0.560. The number of ketones is 1. The van der Waals surface area contributed by atoms with Crippen LogP contribution in [-0.2, 0) is 19.1 Å². The third-order valence-electron chi connectivity index (χ3n) is 6.60. The lowest BCUT2D eigenvalue weighted by molar-refractivity contribution is -0.142. The van der Waals surface area contributed by atoms with Crippen molar-refractivity contribution in [2.75, 3.05) is 13.2 Å². The minimum absolute atomic E-state index is 0.0204. The number of halogens is 1. The van der Waals surface area contributed by atoms with Crippen molar-refractivity contribution in [3.8, 4) is 0 Å². The van der Waals surface area contributed by atoms with E-state index in [1.165, 1.54) is 0 Å². The van der Waals surface area contributed by atoms with E-state index in [1.807, 2.05) is 43.3 Å². The Balaban J connectivity index is 1.50. The summed E-state index contributed by atoms with van der Waals surface area (Å²) in [6.07, 6.45) is 4.44. The summed E-state index contributed by atoms with van der Waals surface area (Å²) in [4.78, 5) is 26.8. The van der Waals surface area contributed by atoms with Crippen LogP contribution in [0.25, 0.3) is 0 Å². The van der Waals surface area contributed by atoms with Crippen LogP contribution in [0.15, 0.2) is 74.1 Å². The maximum atomic E-state index is 13.5. The molecule has 5 rings (SSSR count). The Hall–Kier alpha value is -2.64. The summed E-state index contributed by atoms with van der Waals surface area (Å²) < 4.78 is 17.8. The smallest absolute Gasteiger partial charge is 0.336 e. The molecule has 7 heteroatoms. The number of rotatable bonds is 5. The van der Waals surface area contributed by atoms with Gasteiger partial charge in [-0.1, -0.05) is 28.1 Å². The summed E-state index contributed by atoms with van der Waals surface area (Å²) in [7, 11) is 0. The first-order valence-corrected chi connectivity index (χ1v) is 12.1. The fourth-order valence-corrected chi connectivity index (χ4v) is 5.49. The van der Waals surface area contributed by atoms with Crippen LogP contribution in [0.4, 0.5) is 0 Å². The predicted octanol–water partition coefficient (Wildman–Crippen LogP) is 5.13. The molecule has 33 heavy (non-hydrogen) atoms. The van der Waals surface area contributed by atoms with E-state index in [0.717, 1.165) is 34.3 Å². The molecule has 1 N–H and O–H groups in total. The Morgan fingerprint density at radius 1 is 1.24 bits per heavy atom. The maximum absolute atomic E-state index is 13.5. The topological polar surface area (TPSA) is 77.8 Å². The standard InChI is InChI=1S/C26H26BrNO5/c1-15-23(26(30)33-14-19-7-3-9-31-19)24(16-5-2-6-18(27)11-16)25-20(28-15)12-17(13-21(25)29)22-8-4-10-32-22/h2,4-6,8,10-11,17,19,24,28H,3,7,9,12-14H2,1H3/t17-,19-,24+/m0/s1. The number of carbonyl (C=O) groups is 2. The van der Waals surface area contributed by atoms with Gasteiger partial charge in [-0.05, 0) is 56.0 Å². The van der Waals surface area contributed by atoms with Gasteiger partial charge >= 0.3 is 5.97 Å². The van der Waals surface area contributed by atoms with Gasteiger partial charge in [-0.3, -0.25) is 4.79 Å². The van der Waals surface area contributed by atoms with Gasteiger partial charge in [0.2, 0.25) is 0 Å². The van der Waals surface area contributed by atoms with Crippen molar-refractivity contribution in [3.05, 3.63) is 81.0 Å². The van der Waals surface area contributed by atoms with Crippen LogP contribution in [0.2, 0.25) is 0 Å². The molecule has 0 radical (unpaired) electrons. The lowest BCUT2D eigenvalue weighted by atomic mass is 9.72. The molecule has 1 aliphatic carbocycles. The molecule has 2 aromatic rings. The fourth-order valence-electron chi connectivity index (χ4n) is 5.08. The van der Waals surface area contributed by atoms with Crippen LogP contribution < -0.4 is 5.32 Å². The molecule has 3 atom stereocenters. The fraction of sp³-hybridized carbons (Fsp3) is 0.385. The average Bonchev–Trinajstić information content (AvgIpc) is 3.50. The minimum atomic E-state index is -0.485. The summed E-state index contributed by atoms with van der Waals surface area (Å²) in [5.41, 5.74) is 3.57. The number of allylic oxidation sites excluding steroid dienone is 3. The van der Waals surface area contributed by atoms with Gasteiger partial charge in [0, 0.05) is 46.3 Å². The number of hydrogen-bond acceptors (Lipinski definition) is 6. The number of furan rings is 1. The third-order valence-corrected chi connectivity index (χ3v) is 7.09. The van der Waals surface area contributed by atoms with Gasteiger partial charge in [0.05, 0.1) is 17.9 Å². The Morgan fingerprint density at radius 2 is 2.12 bits per heavy atom. The zero-order valence-electron chi connectivity index (χ0n) is 18.4. The highest BCUT2D eigenvalue weighted by atomic mass is 79.9. The molecule has 0 saturated carbocycles. The molecule has 1 saturated heterocycles. The van der Waals surface area contributed by atoms with Crippen LogP contribution in [-0.4, -0.2) is 31.1 Å². The number of benzene rings is 1. The third kappa shape index (κ3) is 4.44. The van der Waals surface area contributed by atoms with Gasteiger partial charge in [0.15, 0.2) is 5.78 Å². The lowest BCUT2D eigenvalue weighted by Crippen LogP contribution is -2.36. The van der Waals surface area contributed by atoms with E-state index in [-0.39, 0.29) is 24.4 Å². The first-order valence-electron chi connectivity index (χ1n) is 11.3. The van der Waals surface area contributed by atoms with E-state index in [2.05, 4.69) is 21.2 Å². The van der Waals surface area contributed by atoms with Gasteiger partial charge in [-0.15, -0.1) is 0 Å². The van der Waals surface area contributed by atoms with Gasteiger partial charge < -0.3 is 19.2 Å². The summed E-state index contributed by atoms with van der Waals surface area (Å²) >= 11 is 3.54. The van der Waals surface area contributed by atoms with Gasteiger partial charge in [-0.2, -0.15) is 0 Å². The molecule has 0 spiro atoms. The van der Waals surface area contributed by atoms with E-state index in [4.69, 9.17) is 13.9 Å². The van der Waals surface area contributed by atoms with Crippen molar-refractivity contribution < 1.29 is 23.5 Å². The second kappa shape index (κ2) is 9.31. The highest BCUT2D eigenvalue weighted by molar-refractivity contribution is 9.10. The molecule has 172 valence electrons. The Morgan fingerprint density at radius 3 is 2.85 bits per heavy atom. The number of Topliss-reactive ketones (excluding diaryl/α,β-unsaturated/α-hetero) is 1. The number of dihydropyridines is 1. The predicted molar refractivity (Wildman–Crippen MR) is 125 cm³/mol. The molecule has 3 aliphatic rings. The molecular formula is C26H26BrNO5. The van der Waals surface area contributed by atoms with Crippen LogP contribution >= 0.6 is 15.9 Å². The Labute approximate surface area is 201 Å².